The Labute approximate surface area is 197 Å². The number of carbonyl (C=O) groups is 3. The van der Waals surface area contributed by atoms with E-state index >= 15 is 0 Å². The van der Waals surface area contributed by atoms with Crippen molar-refractivity contribution in [1.82, 2.24) is 9.88 Å². The molecule has 0 aliphatic carbocycles. The Morgan fingerprint density at radius 1 is 1.09 bits per heavy atom. The average Bonchev–Trinajstić information content (AvgIpc) is 3.27. The maximum atomic E-state index is 14.2. The summed E-state index contributed by atoms with van der Waals surface area (Å²) >= 11 is 1.78. The SMILES string of the molecule is CCOC(=O)c1c(NC(=O)c2sc(-c3c(F)cccc3F)nc2C)sc(C(=O)N(C)C)c1C. The lowest BCUT2D eigenvalue weighted by atomic mass is 10.1. The van der Waals surface area contributed by atoms with Crippen molar-refractivity contribution >= 4 is 45.5 Å². The van der Waals surface area contributed by atoms with E-state index in [0.29, 0.717) is 5.56 Å². The van der Waals surface area contributed by atoms with E-state index in [1.54, 1.807) is 34.9 Å². The van der Waals surface area contributed by atoms with Crippen LogP contribution in [-0.4, -0.2) is 48.4 Å². The van der Waals surface area contributed by atoms with E-state index in [4.69, 9.17) is 4.74 Å². The van der Waals surface area contributed by atoms with Crippen molar-refractivity contribution in [1.29, 1.82) is 0 Å². The second-order valence-electron chi connectivity index (χ2n) is 7.16. The molecule has 0 saturated carbocycles. The van der Waals surface area contributed by atoms with Crippen molar-refractivity contribution < 1.29 is 27.9 Å². The van der Waals surface area contributed by atoms with Crippen molar-refractivity contribution in [3.05, 3.63) is 56.4 Å². The molecule has 3 rings (SSSR count). The summed E-state index contributed by atoms with van der Waals surface area (Å²) in [5, 5.41) is 2.81. The molecule has 2 heterocycles. The molecule has 1 aromatic carbocycles. The highest BCUT2D eigenvalue weighted by Gasteiger charge is 2.29. The summed E-state index contributed by atoms with van der Waals surface area (Å²) in [6, 6.07) is 3.46. The Balaban J connectivity index is 2.01. The largest absolute Gasteiger partial charge is 0.462 e. The summed E-state index contributed by atoms with van der Waals surface area (Å²) in [5.74, 6) is -3.20. The Morgan fingerprint density at radius 2 is 1.73 bits per heavy atom. The lowest BCUT2D eigenvalue weighted by Crippen LogP contribution is -2.21. The third kappa shape index (κ3) is 4.79. The number of benzene rings is 1. The van der Waals surface area contributed by atoms with E-state index in [-0.39, 0.29) is 49.1 Å². The van der Waals surface area contributed by atoms with Crippen molar-refractivity contribution in [2.75, 3.05) is 26.0 Å². The smallest absolute Gasteiger partial charge is 0.341 e. The summed E-state index contributed by atoms with van der Waals surface area (Å²) < 4.78 is 33.4. The maximum Gasteiger partial charge on any atom is 0.341 e. The Morgan fingerprint density at radius 3 is 2.30 bits per heavy atom. The van der Waals surface area contributed by atoms with Gasteiger partial charge in [0.15, 0.2) is 0 Å². The van der Waals surface area contributed by atoms with E-state index in [1.807, 2.05) is 0 Å². The number of thiophene rings is 1. The third-order valence-electron chi connectivity index (χ3n) is 4.63. The standard InChI is InChI=1S/C22H21F2N3O4S2/c1-6-31-22(30)14-10(2)16(21(29)27(4)5)32-19(14)26-18(28)17-11(3)25-20(33-17)15-12(23)8-7-9-13(15)24/h7-9H,6H2,1-5H3,(H,26,28). The summed E-state index contributed by atoms with van der Waals surface area (Å²) in [5.41, 5.74) is 0.430. The van der Waals surface area contributed by atoms with Gasteiger partial charge < -0.3 is 15.0 Å². The predicted octanol–water partition coefficient (Wildman–Crippen LogP) is 4.90. The van der Waals surface area contributed by atoms with Crippen LogP contribution < -0.4 is 5.32 Å². The molecule has 0 unspecified atom stereocenters. The molecule has 2 amide bonds. The monoisotopic (exact) mass is 493 g/mol. The molecular formula is C22H21F2N3O4S2. The average molecular weight is 494 g/mol. The Hall–Kier alpha value is -3.18. The fourth-order valence-electron chi connectivity index (χ4n) is 3.03. The number of hydrogen-bond acceptors (Lipinski definition) is 7. The number of carbonyl (C=O) groups excluding carboxylic acids is 3. The first-order chi connectivity index (χ1) is 15.6. The zero-order valence-electron chi connectivity index (χ0n) is 18.5. The number of amides is 2. The van der Waals surface area contributed by atoms with Gasteiger partial charge in [-0.25, -0.2) is 18.6 Å². The molecule has 7 nitrogen and oxygen atoms in total. The molecule has 0 radical (unpaired) electrons. The van der Waals surface area contributed by atoms with Gasteiger partial charge in [0.2, 0.25) is 0 Å². The summed E-state index contributed by atoms with van der Waals surface area (Å²) in [6.07, 6.45) is 0. The molecule has 11 heteroatoms. The number of nitrogens with one attached hydrogen (secondary N) is 1. The molecule has 33 heavy (non-hydrogen) atoms. The number of aromatic nitrogens is 1. The van der Waals surface area contributed by atoms with Crippen molar-refractivity contribution in [3.63, 3.8) is 0 Å². The van der Waals surface area contributed by atoms with Crippen LogP contribution in [0.5, 0.6) is 0 Å². The molecule has 2 aromatic heterocycles. The normalized spacial score (nSPS) is 10.8. The lowest BCUT2D eigenvalue weighted by molar-refractivity contribution is 0.0527. The zero-order chi connectivity index (χ0) is 24.4. The van der Waals surface area contributed by atoms with E-state index in [1.165, 1.54) is 11.0 Å². The molecule has 0 saturated heterocycles. The molecule has 0 atom stereocenters. The van der Waals surface area contributed by atoms with Crippen LogP contribution in [-0.2, 0) is 4.74 Å². The molecular weight excluding hydrogens is 472 g/mol. The number of hydrogen-bond donors (Lipinski definition) is 1. The molecule has 1 N–H and O–H groups in total. The molecule has 0 spiro atoms. The fourth-order valence-corrected chi connectivity index (χ4v) is 5.26. The van der Waals surface area contributed by atoms with E-state index < -0.39 is 23.5 Å². The number of nitrogens with zero attached hydrogens (tertiary/aromatic N) is 2. The number of thiazole rings is 1. The van der Waals surface area contributed by atoms with Crippen LogP contribution in [0.2, 0.25) is 0 Å². The van der Waals surface area contributed by atoms with Gasteiger partial charge in [0.1, 0.15) is 26.5 Å². The van der Waals surface area contributed by atoms with Gasteiger partial charge in [-0.2, -0.15) is 0 Å². The number of ether oxygens (including phenoxy) is 1. The summed E-state index contributed by atoms with van der Waals surface area (Å²) in [4.78, 5) is 44.1. The highest BCUT2D eigenvalue weighted by atomic mass is 32.1. The zero-order valence-corrected chi connectivity index (χ0v) is 20.2. The van der Waals surface area contributed by atoms with Gasteiger partial charge in [0.05, 0.1) is 28.3 Å². The number of halogens is 2. The first-order valence-electron chi connectivity index (χ1n) is 9.82. The van der Waals surface area contributed by atoms with Crippen LogP contribution in [0.15, 0.2) is 18.2 Å². The van der Waals surface area contributed by atoms with Gasteiger partial charge in [0.25, 0.3) is 11.8 Å². The lowest BCUT2D eigenvalue weighted by Gasteiger charge is -2.09. The second kappa shape index (κ2) is 9.75. The van der Waals surface area contributed by atoms with Crippen LogP contribution in [0.25, 0.3) is 10.6 Å². The molecule has 174 valence electrons. The van der Waals surface area contributed by atoms with E-state index in [9.17, 15) is 23.2 Å². The van der Waals surface area contributed by atoms with Gasteiger partial charge in [-0.05, 0) is 38.5 Å². The van der Waals surface area contributed by atoms with Gasteiger partial charge >= 0.3 is 5.97 Å². The number of anilines is 1. The second-order valence-corrected chi connectivity index (χ2v) is 9.18. The minimum absolute atomic E-state index is 0.0182. The van der Waals surface area contributed by atoms with Crippen LogP contribution in [0.1, 0.15) is 47.9 Å². The van der Waals surface area contributed by atoms with E-state index in [2.05, 4.69) is 10.3 Å². The minimum atomic E-state index is -0.791. The topological polar surface area (TPSA) is 88.6 Å². The van der Waals surface area contributed by atoms with Gasteiger partial charge in [-0.3, -0.25) is 9.59 Å². The van der Waals surface area contributed by atoms with Crippen LogP contribution >= 0.6 is 22.7 Å². The number of rotatable bonds is 6. The highest BCUT2D eigenvalue weighted by Crippen LogP contribution is 2.36. The Kier molecular flexibility index (Phi) is 7.23. The van der Waals surface area contributed by atoms with Crippen LogP contribution in [0, 0.1) is 25.5 Å². The van der Waals surface area contributed by atoms with Crippen molar-refractivity contribution in [2.45, 2.75) is 20.8 Å². The maximum absolute atomic E-state index is 14.2. The first kappa shape index (κ1) is 24.5. The first-order valence-corrected chi connectivity index (χ1v) is 11.4. The van der Waals surface area contributed by atoms with Crippen LogP contribution in [0.4, 0.5) is 13.8 Å². The fraction of sp³-hybridized carbons (Fsp3) is 0.273. The highest BCUT2D eigenvalue weighted by molar-refractivity contribution is 7.19. The molecule has 0 aliphatic heterocycles. The molecule has 3 aromatic rings. The Bertz CT molecular complexity index is 1230. The van der Waals surface area contributed by atoms with Gasteiger partial charge in [0, 0.05) is 14.1 Å². The van der Waals surface area contributed by atoms with Crippen molar-refractivity contribution in [3.8, 4) is 10.6 Å². The predicted molar refractivity (Wildman–Crippen MR) is 123 cm³/mol. The van der Waals surface area contributed by atoms with Gasteiger partial charge in [-0.15, -0.1) is 22.7 Å². The molecule has 0 aliphatic rings. The summed E-state index contributed by atoms with van der Waals surface area (Å²) in [6.45, 7) is 4.91. The van der Waals surface area contributed by atoms with Crippen molar-refractivity contribution in [2.24, 2.45) is 0 Å². The molecule has 0 fully saturated rings. The molecule has 0 bridgehead atoms. The van der Waals surface area contributed by atoms with Crippen LogP contribution in [0.3, 0.4) is 0 Å². The third-order valence-corrected chi connectivity index (χ3v) is 7.00. The summed E-state index contributed by atoms with van der Waals surface area (Å²) in [7, 11) is 3.15. The minimum Gasteiger partial charge on any atom is -0.462 e. The quantitative estimate of drug-likeness (QED) is 0.494. The van der Waals surface area contributed by atoms with Gasteiger partial charge in [-0.1, -0.05) is 6.07 Å². The number of esters is 1. The number of aryl methyl sites for hydroxylation is 1. The van der Waals surface area contributed by atoms with E-state index in [0.717, 1.165) is 34.8 Å².